The number of nitrogens with zero attached hydrogens (tertiary/aromatic N) is 3. The Morgan fingerprint density at radius 3 is 2.43 bits per heavy atom. The smallest absolute Gasteiger partial charge is 0.306 e. The molecule has 0 aliphatic carbocycles. The molecular formula is C22H19F2N3O3. The highest BCUT2D eigenvalue weighted by atomic mass is 19.1. The molecule has 0 aliphatic heterocycles. The van der Waals surface area contributed by atoms with Crippen LogP contribution in [0.2, 0.25) is 0 Å². The van der Waals surface area contributed by atoms with E-state index in [1.165, 1.54) is 6.92 Å². The maximum absolute atomic E-state index is 14.4. The van der Waals surface area contributed by atoms with Crippen LogP contribution in [-0.2, 0) is 17.8 Å². The number of rotatable bonds is 7. The zero-order chi connectivity index (χ0) is 21.8. The second kappa shape index (κ2) is 8.74. The van der Waals surface area contributed by atoms with Gasteiger partial charge in [0.25, 0.3) is 0 Å². The van der Waals surface area contributed by atoms with Crippen LogP contribution in [0.1, 0.15) is 29.4 Å². The van der Waals surface area contributed by atoms with Gasteiger partial charge in [-0.05, 0) is 61.4 Å². The number of carboxylic acids is 1. The summed E-state index contributed by atoms with van der Waals surface area (Å²) in [5.41, 5.74) is 2.68. The Hall–Kier alpha value is -3.73. The lowest BCUT2D eigenvalue weighted by atomic mass is 10.0. The maximum Gasteiger partial charge on any atom is 0.306 e. The van der Waals surface area contributed by atoms with E-state index in [1.807, 2.05) is 6.07 Å². The lowest BCUT2D eigenvalue weighted by Gasteiger charge is -2.12. The van der Waals surface area contributed by atoms with Crippen molar-refractivity contribution in [3.05, 3.63) is 76.6 Å². The molecule has 1 atom stereocenters. The number of hydrogen-bond acceptors (Lipinski definition) is 4. The first kappa shape index (κ1) is 21.0. The fourth-order valence-electron chi connectivity index (χ4n) is 3.01. The largest absolute Gasteiger partial charge is 0.481 e. The third kappa shape index (κ3) is 4.63. The Balaban J connectivity index is 1.80. The van der Waals surface area contributed by atoms with Gasteiger partial charge in [0.05, 0.1) is 34.6 Å². The molecular weight excluding hydrogens is 392 g/mol. The third-order valence-corrected chi connectivity index (χ3v) is 4.53. The SMILES string of the molecule is Cc1cc(COc2c(F)cc(CC(C)C(=O)O)cc2F)n(-c2ccc(C#N)cc2)n1. The minimum atomic E-state index is -1.04. The van der Waals surface area contributed by atoms with Gasteiger partial charge in [-0.3, -0.25) is 4.79 Å². The number of aromatic nitrogens is 2. The summed E-state index contributed by atoms with van der Waals surface area (Å²) in [5, 5.41) is 22.3. The van der Waals surface area contributed by atoms with Crippen molar-refractivity contribution in [2.24, 2.45) is 5.92 Å². The van der Waals surface area contributed by atoms with Crippen molar-refractivity contribution in [2.75, 3.05) is 0 Å². The molecule has 6 nitrogen and oxygen atoms in total. The first-order valence-corrected chi connectivity index (χ1v) is 9.18. The molecule has 0 saturated carbocycles. The summed E-state index contributed by atoms with van der Waals surface area (Å²) >= 11 is 0. The van der Waals surface area contributed by atoms with Crippen LogP contribution in [0.25, 0.3) is 5.69 Å². The van der Waals surface area contributed by atoms with E-state index in [1.54, 1.807) is 41.9 Å². The number of ether oxygens (including phenoxy) is 1. The molecule has 0 aliphatic rings. The minimum absolute atomic E-state index is 0.00805. The van der Waals surface area contributed by atoms with Crippen molar-refractivity contribution >= 4 is 5.97 Å². The molecule has 0 saturated heterocycles. The molecule has 0 bridgehead atoms. The van der Waals surface area contributed by atoms with E-state index in [9.17, 15) is 13.6 Å². The lowest BCUT2D eigenvalue weighted by molar-refractivity contribution is -0.141. The van der Waals surface area contributed by atoms with E-state index < -0.39 is 29.3 Å². The number of aryl methyl sites for hydroxylation is 1. The molecule has 3 aromatic rings. The van der Waals surface area contributed by atoms with E-state index in [2.05, 4.69) is 5.10 Å². The topological polar surface area (TPSA) is 88.1 Å². The van der Waals surface area contributed by atoms with Crippen LogP contribution in [0.15, 0.2) is 42.5 Å². The van der Waals surface area contributed by atoms with Crippen LogP contribution in [0.3, 0.4) is 0 Å². The molecule has 8 heteroatoms. The molecule has 2 aromatic carbocycles. The summed E-state index contributed by atoms with van der Waals surface area (Å²) in [4.78, 5) is 11.0. The number of halogens is 2. The zero-order valence-corrected chi connectivity index (χ0v) is 16.4. The zero-order valence-electron chi connectivity index (χ0n) is 16.4. The third-order valence-electron chi connectivity index (χ3n) is 4.53. The summed E-state index contributed by atoms with van der Waals surface area (Å²) in [7, 11) is 0. The Kier molecular flexibility index (Phi) is 6.11. The summed E-state index contributed by atoms with van der Waals surface area (Å²) in [6, 6.07) is 12.7. The lowest BCUT2D eigenvalue weighted by Crippen LogP contribution is -2.13. The van der Waals surface area contributed by atoms with E-state index in [0.29, 0.717) is 22.6 Å². The van der Waals surface area contributed by atoms with Crippen molar-refractivity contribution in [3.8, 4) is 17.5 Å². The predicted molar refractivity (Wildman–Crippen MR) is 104 cm³/mol. The van der Waals surface area contributed by atoms with Crippen LogP contribution >= 0.6 is 0 Å². The fourth-order valence-corrected chi connectivity index (χ4v) is 3.01. The number of carbonyl (C=O) groups is 1. The van der Waals surface area contributed by atoms with Gasteiger partial charge in [0.1, 0.15) is 6.61 Å². The fraction of sp³-hybridized carbons (Fsp3) is 0.227. The van der Waals surface area contributed by atoms with Crippen LogP contribution < -0.4 is 4.74 Å². The van der Waals surface area contributed by atoms with Gasteiger partial charge < -0.3 is 9.84 Å². The van der Waals surface area contributed by atoms with Crippen LogP contribution in [0, 0.1) is 35.8 Å². The molecule has 154 valence electrons. The number of benzene rings is 2. The molecule has 0 spiro atoms. The highest BCUT2D eigenvalue weighted by Crippen LogP contribution is 2.26. The van der Waals surface area contributed by atoms with Gasteiger partial charge in [-0.25, -0.2) is 13.5 Å². The van der Waals surface area contributed by atoms with Gasteiger partial charge in [-0.2, -0.15) is 10.4 Å². The van der Waals surface area contributed by atoms with Crippen molar-refractivity contribution in [2.45, 2.75) is 26.9 Å². The highest BCUT2D eigenvalue weighted by molar-refractivity contribution is 5.69. The molecule has 1 heterocycles. The van der Waals surface area contributed by atoms with E-state index in [-0.39, 0.29) is 18.6 Å². The van der Waals surface area contributed by atoms with Crippen LogP contribution in [-0.4, -0.2) is 20.9 Å². The van der Waals surface area contributed by atoms with Crippen LogP contribution in [0.5, 0.6) is 5.75 Å². The molecule has 1 aromatic heterocycles. The van der Waals surface area contributed by atoms with Gasteiger partial charge in [0, 0.05) is 0 Å². The monoisotopic (exact) mass is 411 g/mol. The van der Waals surface area contributed by atoms with Gasteiger partial charge in [0.2, 0.25) is 0 Å². The number of carboxylic acid groups (broad SMARTS) is 1. The Bertz CT molecular complexity index is 1090. The van der Waals surface area contributed by atoms with E-state index in [0.717, 1.165) is 12.1 Å². The first-order valence-electron chi connectivity index (χ1n) is 9.18. The quantitative estimate of drug-likeness (QED) is 0.630. The first-order chi connectivity index (χ1) is 14.3. The van der Waals surface area contributed by atoms with Crippen molar-refractivity contribution in [1.29, 1.82) is 5.26 Å². The Labute approximate surface area is 172 Å². The highest BCUT2D eigenvalue weighted by Gasteiger charge is 2.18. The Morgan fingerprint density at radius 2 is 1.87 bits per heavy atom. The number of hydrogen-bond donors (Lipinski definition) is 1. The number of nitriles is 1. The molecule has 1 unspecified atom stereocenters. The molecule has 3 rings (SSSR count). The van der Waals surface area contributed by atoms with Gasteiger partial charge in [0.15, 0.2) is 17.4 Å². The average Bonchev–Trinajstić information content (AvgIpc) is 3.07. The summed E-state index contributed by atoms with van der Waals surface area (Å²) in [5.74, 6) is -4.14. The minimum Gasteiger partial charge on any atom is -0.481 e. The van der Waals surface area contributed by atoms with E-state index in [4.69, 9.17) is 15.1 Å². The maximum atomic E-state index is 14.4. The second-order valence-corrected chi connectivity index (χ2v) is 6.97. The van der Waals surface area contributed by atoms with E-state index >= 15 is 0 Å². The molecule has 0 amide bonds. The summed E-state index contributed by atoms with van der Waals surface area (Å²) < 4.78 is 35.8. The molecule has 1 N–H and O–H groups in total. The predicted octanol–water partition coefficient (Wildman–Crippen LogP) is 4.17. The van der Waals surface area contributed by atoms with Crippen LogP contribution in [0.4, 0.5) is 8.78 Å². The van der Waals surface area contributed by atoms with Crippen molar-refractivity contribution in [1.82, 2.24) is 9.78 Å². The normalized spacial score (nSPS) is 11.7. The molecule has 30 heavy (non-hydrogen) atoms. The standard InChI is InChI=1S/C22H19F2N3O3/c1-13(22(28)29)7-16-9-19(23)21(20(24)10-16)30-12-18-8-14(2)26-27(18)17-5-3-15(11-25)4-6-17/h3-6,8-10,13H,7,12H2,1-2H3,(H,28,29). The average molecular weight is 411 g/mol. The summed E-state index contributed by atoms with van der Waals surface area (Å²) in [6.07, 6.45) is 0.00805. The van der Waals surface area contributed by atoms with Crippen molar-refractivity contribution in [3.63, 3.8) is 0 Å². The van der Waals surface area contributed by atoms with Crippen molar-refractivity contribution < 1.29 is 23.4 Å². The molecule has 0 radical (unpaired) electrons. The summed E-state index contributed by atoms with van der Waals surface area (Å²) in [6.45, 7) is 3.11. The molecule has 0 fully saturated rings. The Morgan fingerprint density at radius 1 is 1.23 bits per heavy atom. The van der Waals surface area contributed by atoms with Gasteiger partial charge >= 0.3 is 5.97 Å². The van der Waals surface area contributed by atoms with Gasteiger partial charge in [-0.1, -0.05) is 6.92 Å². The van der Waals surface area contributed by atoms with Gasteiger partial charge in [-0.15, -0.1) is 0 Å². The second-order valence-electron chi connectivity index (χ2n) is 6.97. The number of aliphatic carboxylic acids is 1.